The van der Waals surface area contributed by atoms with Crippen molar-refractivity contribution in [3.05, 3.63) is 42.3 Å². The van der Waals surface area contributed by atoms with Crippen molar-refractivity contribution in [3.8, 4) is 0 Å². The molecule has 16 heavy (non-hydrogen) atoms. The molecule has 0 aromatic carbocycles. The number of hydrogen-bond acceptors (Lipinski definition) is 3. The molecule has 0 aliphatic carbocycles. The SMILES string of the molecule is Cn1c(=O)c2c(Cl)cc(=O)[nH]c2n(C)c1=O. The van der Waals surface area contributed by atoms with E-state index in [1.807, 2.05) is 0 Å². The lowest BCUT2D eigenvalue weighted by Gasteiger charge is -2.07. The highest BCUT2D eigenvalue weighted by Crippen LogP contribution is 2.13. The number of hydrogen-bond donors (Lipinski definition) is 1. The fourth-order valence-electron chi connectivity index (χ4n) is 1.55. The Morgan fingerprint density at radius 2 is 1.81 bits per heavy atom. The highest BCUT2D eigenvalue weighted by Gasteiger charge is 2.12. The number of nitrogens with one attached hydrogen (secondary N) is 1. The van der Waals surface area contributed by atoms with Crippen LogP contribution in [-0.4, -0.2) is 14.1 Å². The van der Waals surface area contributed by atoms with E-state index < -0.39 is 16.8 Å². The number of H-pyrrole nitrogens is 1. The fraction of sp³-hybridized carbons (Fsp3) is 0.222. The van der Waals surface area contributed by atoms with Gasteiger partial charge in [-0.3, -0.25) is 18.7 Å². The Hall–Kier alpha value is -1.82. The van der Waals surface area contributed by atoms with E-state index in [1.165, 1.54) is 18.7 Å². The Balaban J connectivity index is 3.28. The van der Waals surface area contributed by atoms with Crippen molar-refractivity contribution in [2.45, 2.75) is 0 Å². The lowest BCUT2D eigenvalue weighted by atomic mass is 10.3. The summed E-state index contributed by atoms with van der Waals surface area (Å²) in [6.07, 6.45) is 0. The van der Waals surface area contributed by atoms with Gasteiger partial charge in [0.15, 0.2) is 0 Å². The smallest absolute Gasteiger partial charge is 0.308 e. The molecule has 2 aromatic heterocycles. The van der Waals surface area contributed by atoms with Crippen LogP contribution in [0.1, 0.15) is 0 Å². The minimum Gasteiger partial charge on any atom is -0.308 e. The average molecular weight is 242 g/mol. The van der Waals surface area contributed by atoms with Crippen LogP contribution < -0.4 is 16.8 Å². The minimum absolute atomic E-state index is 0.0370. The summed E-state index contributed by atoms with van der Waals surface area (Å²) in [6, 6.07) is 1.11. The van der Waals surface area contributed by atoms with E-state index in [-0.39, 0.29) is 16.1 Å². The van der Waals surface area contributed by atoms with Gasteiger partial charge in [-0.15, -0.1) is 0 Å². The lowest BCUT2D eigenvalue weighted by molar-refractivity contribution is 0.707. The molecule has 2 heterocycles. The zero-order valence-corrected chi connectivity index (χ0v) is 9.33. The molecule has 2 rings (SSSR count). The van der Waals surface area contributed by atoms with Crippen LogP contribution in [0.15, 0.2) is 20.4 Å². The van der Waals surface area contributed by atoms with Gasteiger partial charge in [-0.2, -0.15) is 0 Å². The van der Waals surface area contributed by atoms with Gasteiger partial charge < -0.3 is 4.98 Å². The summed E-state index contributed by atoms with van der Waals surface area (Å²) in [5.74, 6) is 0. The molecule has 0 unspecified atom stereocenters. The quantitative estimate of drug-likeness (QED) is 0.681. The van der Waals surface area contributed by atoms with Crippen molar-refractivity contribution in [3.63, 3.8) is 0 Å². The number of fused-ring (bicyclic) bond motifs is 1. The number of aromatic amines is 1. The first-order valence-corrected chi connectivity index (χ1v) is 4.80. The maximum atomic E-state index is 11.8. The Morgan fingerprint density at radius 1 is 1.19 bits per heavy atom. The number of rotatable bonds is 0. The van der Waals surface area contributed by atoms with E-state index in [2.05, 4.69) is 4.98 Å². The molecule has 0 spiro atoms. The second-order valence-electron chi connectivity index (χ2n) is 3.41. The number of pyridine rings is 1. The molecule has 0 bridgehead atoms. The molecule has 84 valence electrons. The number of nitrogens with zero attached hydrogens (tertiary/aromatic N) is 2. The van der Waals surface area contributed by atoms with Crippen molar-refractivity contribution >= 4 is 22.6 Å². The summed E-state index contributed by atoms with van der Waals surface area (Å²) in [6.45, 7) is 0. The van der Waals surface area contributed by atoms with Crippen molar-refractivity contribution in [2.75, 3.05) is 0 Å². The lowest BCUT2D eigenvalue weighted by Crippen LogP contribution is -2.38. The third-order valence-corrected chi connectivity index (χ3v) is 2.70. The average Bonchev–Trinajstić information content (AvgIpc) is 2.22. The summed E-state index contributed by atoms with van der Waals surface area (Å²) < 4.78 is 2.11. The van der Waals surface area contributed by atoms with Crippen LogP contribution in [0, 0.1) is 0 Å². The van der Waals surface area contributed by atoms with Crippen molar-refractivity contribution < 1.29 is 0 Å². The molecule has 0 radical (unpaired) electrons. The second kappa shape index (κ2) is 3.34. The summed E-state index contributed by atoms with van der Waals surface area (Å²) in [4.78, 5) is 37.0. The Bertz CT molecular complexity index is 753. The zero-order valence-electron chi connectivity index (χ0n) is 8.57. The highest BCUT2D eigenvalue weighted by atomic mass is 35.5. The molecular weight excluding hydrogens is 234 g/mol. The van der Waals surface area contributed by atoms with Crippen LogP contribution in [0.2, 0.25) is 5.02 Å². The van der Waals surface area contributed by atoms with E-state index >= 15 is 0 Å². The van der Waals surface area contributed by atoms with Gasteiger partial charge >= 0.3 is 5.69 Å². The summed E-state index contributed by atoms with van der Waals surface area (Å²) in [5, 5.41) is 0.167. The fourth-order valence-corrected chi connectivity index (χ4v) is 1.82. The van der Waals surface area contributed by atoms with E-state index in [9.17, 15) is 14.4 Å². The topological polar surface area (TPSA) is 76.9 Å². The van der Waals surface area contributed by atoms with E-state index in [4.69, 9.17) is 11.6 Å². The van der Waals surface area contributed by atoms with Gasteiger partial charge in [0, 0.05) is 20.2 Å². The third kappa shape index (κ3) is 1.30. The molecule has 2 aromatic rings. The van der Waals surface area contributed by atoms with Gasteiger partial charge in [0.25, 0.3) is 11.1 Å². The maximum Gasteiger partial charge on any atom is 0.332 e. The molecule has 6 nitrogen and oxygen atoms in total. The summed E-state index contributed by atoms with van der Waals surface area (Å²) in [5.41, 5.74) is -1.37. The summed E-state index contributed by atoms with van der Waals surface area (Å²) in [7, 11) is 2.81. The molecule has 1 N–H and O–H groups in total. The third-order valence-electron chi connectivity index (χ3n) is 2.40. The van der Waals surface area contributed by atoms with Crippen molar-refractivity contribution in [1.29, 1.82) is 0 Å². The molecule has 0 amide bonds. The van der Waals surface area contributed by atoms with Crippen LogP contribution >= 0.6 is 11.6 Å². The monoisotopic (exact) mass is 241 g/mol. The standard InChI is InChI=1S/C9H8ClN3O3/c1-12-7-6(4(10)3-5(14)11-7)8(15)13(2)9(12)16/h3H,1-2H3,(H,11,14). The molecule has 7 heteroatoms. The van der Waals surface area contributed by atoms with Gasteiger partial charge in [-0.25, -0.2) is 4.79 Å². The minimum atomic E-state index is -0.528. The maximum absolute atomic E-state index is 11.8. The molecule has 0 atom stereocenters. The molecule has 0 aliphatic heterocycles. The van der Waals surface area contributed by atoms with Crippen molar-refractivity contribution in [2.24, 2.45) is 14.1 Å². The van der Waals surface area contributed by atoms with Gasteiger partial charge in [0.1, 0.15) is 5.65 Å². The molecule has 0 saturated carbocycles. The normalized spacial score (nSPS) is 10.9. The zero-order chi connectivity index (χ0) is 12.0. The Kier molecular flexibility index (Phi) is 2.23. The number of aromatic nitrogens is 3. The largest absolute Gasteiger partial charge is 0.332 e. The predicted molar refractivity (Wildman–Crippen MR) is 60.1 cm³/mol. The molecular formula is C9H8ClN3O3. The van der Waals surface area contributed by atoms with Crippen LogP contribution in [0.5, 0.6) is 0 Å². The molecule has 0 saturated heterocycles. The Labute approximate surface area is 93.7 Å². The highest BCUT2D eigenvalue weighted by molar-refractivity contribution is 6.35. The number of aryl methyl sites for hydroxylation is 1. The summed E-state index contributed by atoms with van der Waals surface area (Å²) >= 11 is 5.82. The van der Waals surface area contributed by atoms with Gasteiger partial charge in [-0.05, 0) is 0 Å². The Morgan fingerprint density at radius 3 is 2.44 bits per heavy atom. The second-order valence-corrected chi connectivity index (χ2v) is 3.82. The molecule has 0 aliphatic rings. The van der Waals surface area contributed by atoms with Crippen molar-refractivity contribution in [1.82, 2.24) is 14.1 Å². The molecule has 0 fully saturated rings. The van der Waals surface area contributed by atoms with E-state index in [0.29, 0.717) is 0 Å². The number of halogens is 1. The first-order valence-electron chi connectivity index (χ1n) is 4.42. The predicted octanol–water partition coefficient (Wildman–Crippen LogP) is -0.421. The van der Waals surface area contributed by atoms with E-state index in [1.54, 1.807) is 0 Å². The van der Waals surface area contributed by atoms with Gasteiger partial charge in [0.05, 0.1) is 10.4 Å². The van der Waals surface area contributed by atoms with Gasteiger partial charge in [0.2, 0.25) is 0 Å². The first kappa shape index (κ1) is 10.7. The van der Waals surface area contributed by atoms with Crippen LogP contribution in [0.3, 0.4) is 0 Å². The van der Waals surface area contributed by atoms with Gasteiger partial charge in [-0.1, -0.05) is 11.6 Å². The van der Waals surface area contributed by atoms with Crippen LogP contribution in [0.4, 0.5) is 0 Å². The van der Waals surface area contributed by atoms with Crippen LogP contribution in [-0.2, 0) is 14.1 Å². The van der Waals surface area contributed by atoms with E-state index in [0.717, 1.165) is 10.6 Å². The van der Waals surface area contributed by atoms with Crippen LogP contribution in [0.25, 0.3) is 11.0 Å². The first-order chi connectivity index (χ1) is 7.43.